The molecule has 1 unspecified atom stereocenters. The molecule has 1 aromatic carbocycles. The number of aliphatic imine (C=N–C) groups is 1. The molecule has 0 saturated carbocycles. The molecule has 3 aliphatic rings. The van der Waals surface area contributed by atoms with Crippen molar-refractivity contribution in [1.29, 1.82) is 0 Å². The van der Waals surface area contributed by atoms with E-state index in [-0.39, 0.29) is 23.0 Å². The predicted molar refractivity (Wildman–Crippen MR) is 114 cm³/mol. The Morgan fingerprint density at radius 3 is 3.11 bits per heavy atom. The van der Waals surface area contributed by atoms with Crippen LogP contribution in [0.5, 0.6) is 5.75 Å². The number of ether oxygens (including phenoxy) is 1. The number of nitrogens with zero attached hydrogens (tertiary/aromatic N) is 4. The van der Waals surface area contributed by atoms with E-state index < -0.39 is 0 Å². The highest BCUT2D eigenvalue weighted by Gasteiger charge is 2.38. The highest BCUT2D eigenvalue weighted by molar-refractivity contribution is 8.17. The molecule has 1 saturated heterocycles. The molecule has 2 atom stereocenters. The van der Waals surface area contributed by atoms with Crippen LogP contribution < -0.4 is 9.64 Å². The Morgan fingerprint density at radius 1 is 1.41 bits per heavy atom. The van der Waals surface area contributed by atoms with Crippen molar-refractivity contribution in [2.75, 3.05) is 42.0 Å². The van der Waals surface area contributed by atoms with Gasteiger partial charge in [-0.05, 0) is 30.6 Å². The van der Waals surface area contributed by atoms with Gasteiger partial charge < -0.3 is 4.74 Å². The van der Waals surface area contributed by atoms with Crippen LogP contribution in [-0.4, -0.2) is 64.7 Å². The molecule has 8 heteroatoms. The number of carbonyl (C=O) groups excluding carboxylic acids is 1. The van der Waals surface area contributed by atoms with Gasteiger partial charge in [0.1, 0.15) is 5.75 Å². The summed E-state index contributed by atoms with van der Waals surface area (Å²) in [6.07, 6.45) is 0.886. The van der Waals surface area contributed by atoms with Gasteiger partial charge in [0.15, 0.2) is 5.13 Å². The average Bonchev–Trinajstić information content (AvgIpc) is 3.41. The Hall–Kier alpha value is -1.64. The van der Waals surface area contributed by atoms with Crippen LogP contribution in [0.25, 0.3) is 10.2 Å². The fourth-order valence-electron chi connectivity index (χ4n) is 4.15. The summed E-state index contributed by atoms with van der Waals surface area (Å²) in [5.41, 5.74) is 3.06. The molecule has 27 heavy (non-hydrogen) atoms. The summed E-state index contributed by atoms with van der Waals surface area (Å²) in [4.78, 5) is 26.1. The highest BCUT2D eigenvalue weighted by Crippen LogP contribution is 2.39. The van der Waals surface area contributed by atoms with Gasteiger partial charge in [0.25, 0.3) is 0 Å². The molecule has 3 aliphatic heterocycles. The molecule has 4 heterocycles. The van der Waals surface area contributed by atoms with E-state index in [9.17, 15) is 4.79 Å². The molecular weight excluding hydrogens is 380 g/mol. The summed E-state index contributed by atoms with van der Waals surface area (Å²) in [5.74, 6) is 4.72. The summed E-state index contributed by atoms with van der Waals surface area (Å²) in [6, 6.07) is 3.89. The van der Waals surface area contributed by atoms with Crippen LogP contribution in [-0.2, 0) is 6.42 Å². The average molecular weight is 405 g/mol. The molecule has 5 rings (SSSR count). The molecule has 2 aromatic rings. The van der Waals surface area contributed by atoms with Gasteiger partial charge in [-0.2, -0.15) is 0 Å². The molecule has 0 N–H and O–H groups in total. The fourth-order valence-corrected chi connectivity index (χ4v) is 7.23. The smallest absolute Gasteiger partial charge is 0.350 e. The van der Waals surface area contributed by atoms with Gasteiger partial charge in [0.05, 0.1) is 22.9 Å². The number of anilines is 1. The molecule has 0 aliphatic carbocycles. The third-order valence-electron chi connectivity index (χ3n) is 5.71. The van der Waals surface area contributed by atoms with Crippen LogP contribution in [0.1, 0.15) is 19.4 Å². The molecule has 144 valence electrons. The van der Waals surface area contributed by atoms with Crippen molar-refractivity contribution in [2.24, 2.45) is 4.99 Å². The summed E-state index contributed by atoms with van der Waals surface area (Å²) in [7, 11) is 0.140. The van der Waals surface area contributed by atoms with Crippen LogP contribution >= 0.6 is 22.2 Å². The van der Waals surface area contributed by atoms with E-state index in [4.69, 9.17) is 9.72 Å². The summed E-state index contributed by atoms with van der Waals surface area (Å²) in [6.45, 7) is 6.97. The number of fused-ring (bicyclic) bond motifs is 3. The second-order valence-corrected chi connectivity index (χ2v) is 11.0. The molecule has 1 aromatic heterocycles. The Morgan fingerprint density at radius 2 is 2.30 bits per heavy atom. The largest absolute Gasteiger partial charge is 0.493 e. The Balaban J connectivity index is 1.45. The van der Waals surface area contributed by atoms with E-state index in [0.717, 1.165) is 46.3 Å². The van der Waals surface area contributed by atoms with E-state index in [0.29, 0.717) is 6.61 Å². The van der Waals surface area contributed by atoms with Crippen LogP contribution in [0.2, 0.25) is 0 Å². The number of amides is 2. The van der Waals surface area contributed by atoms with Crippen molar-refractivity contribution in [1.82, 2.24) is 9.88 Å². The molecule has 2 amide bonds. The van der Waals surface area contributed by atoms with Gasteiger partial charge in [-0.3, -0.25) is 9.80 Å². The number of aromatic nitrogens is 1. The lowest BCUT2D eigenvalue weighted by Crippen LogP contribution is -2.45. The van der Waals surface area contributed by atoms with Gasteiger partial charge in [-0.1, -0.05) is 18.3 Å². The molecule has 0 spiro atoms. The number of hydrogen-bond acceptors (Lipinski definition) is 5. The first-order valence-electron chi connectivity index (χ1n) is 9.52. The molecule has 0 bridgehead atoms. The fraction of sp³-hybridized carbons (Fsp3) is 0.526. The zero-order chi connectivity index (χ0) is 18.5. The minimum atomic E-state index is -0.179. The SMILES string of the molecule is CC[SH]1CCN(C[C@@H]2C(C)=NC(=O)N2c2nc3c4c(ccc3s2)OCC4)C1. The van der Waals surface area contributed by atoms with Gasteiger partial charge in [0.2, 0.25) is 0 Å². The van der Waals surface area contributed by atoms with Crippen molar-refractivity contribution in [3.8, 4) is 5.75 Å². The molecular formula is C19H24N4O2S2. The number of thiazole rings is 1. The quantitative estimate of drug-likeness (QED) is 0.795. The number of thiol groups is 1. The second-order valence-electron chi connectivity index (χ2n) is 7.33. The minimum Gasteiger partial charge on any atom is -0.493 e. The Labute approximate surface area is 165 Å². The van der Waals surface area contributed by atoms with E-state index >= 15 is 0 Å². The van der Waals surface area contributed by atoms with E-state index in [1.54, 1.807) is 11.3 Å². The van der Waals surface area contributed by atoms with Crippen LogP contribution in [0.4, 0.5) is 9.93 Å². The van der Waals surface area contributed by atoms with Crippen molar-refractivity contribution in [3.63, 3.8) is 0 Å². The van der Waals surface area contributed by atoms with Gasteiger partial charge in [-0.15, -0.1) is 0 Å². The maximum absolute atomic E-state index is 12.7. The lowest BCUT2D eigenvalue weighted by Gasteiger charge is -2.27. The van der Waals surface area contributed by atoms with E-state index in [1.807, 2.05) is 17.9 Å². The molecule has 0 radical (unpaired) electrons. The van der Waals surface area contributed by atoms with Crippen molar-refractivity contribution < 1.29 is 9.53 Å². The zero-order valence-electron chi connectivity index (χ0n) is 15.6. The predicted octanol–water partition coefficient (Wildman–Crippen LogP) is 3.29. The first-order chi connectivity index (χ1) is 13.1. The Bertz CT molecular complexity index is 941. The highest BCUT2D eigenvalue weighted by atomic mass is 32.2. The summed E-state index contributed by atoms with van der Waals surface area (Å²) >= 11 is 1.58. The van der Waals surface area contributed by atoms with Crippen molar-refractivity contribution in [2.45, 2.75) is 26.3 Å². The normalized spacial score (nSPS) is 26.7. The van der Waals surface area contributed by atoms with Crippen LogP contribution in [0.15, 0.2) is 17.1 Å². The maximum atomic E-state index is 12.7. The third-order valence-corrected chi connectivity index (χ3v) is 9.26. The third kappa shape index (κ3) is 2.94. The van der Waals surface area contributed by atoms with E-state index in [2.05, 4.69) is 22.9 Å². The van der Waals surface area contributed by atoms with Crippen molar-refractivity contribution in [3.05, 3.63) is 17.7 Å². The lowest BCUT2D eigenvalue weighted by atomic mass is 10.1. The van der Waals surface area contributed by atoms with Crippen LogP contribution in [0.3, 0.4) is 0 Å². The maximum Gasteiger partial charge on any atom is 0.350 e. The first kappa shape index (κ1) is 17.5. The summed E-state index contributed by atoms with van der Waals surface area (Å²) in [5, 5.41) is 0.762. The number of rotatable bonds is 4. The second kappa shape index (κ2) is 6.76. The number of hydrogen-bond donors (Lipinski definition) is 1. The number of urea groups is 1. The van der Waals surface area contributed by atoms with E-state index in [1.165, 1.54) is 22.9 Å². The molecule has 1 fully saturated rings. The van der Waals surface area contributed by atoms with Crippen LogP contribution in [0, 0.1) is 0 Å². The standard InChI is InChI=1S/C19H24N4O2S2/c1-3-27-9-7-22(11-27)10-14-12(2)20-18(24)23(14)19-21-17-13-6-8-25-15(13)4-5-16(17)26-19/h4-5,14,27H,3,6-11H2,1-2H3/t14-/m1/s1. The van der Waals surface area contributed by atoms with Gasteiger partial charge in [0, 0.05) is 36.7 Å². The molecule has 6 nitrogen and oxygen atoms in total. The lowest BCUT2D eigenvalue weighted by molar-refractivity contribution is 0.253. The minimum absolute atomic E-state index is 0.00540. The first-order valence-corrected chi connectivity index (χ1v) is 12.2. The number of benzene rings is 1. The Kier molecular flexibility index (Phi) is 4.37. The topological polar surface area (TPSA) is 58.0 Å². The van der Waals surface area contributed by atoms with Crippen molar-refractivity contribution >= 4 is 49.3 Å². The van der Waals surface area contributed by atoms with Gasteiger partial charge >= 0.3 is 6.03 Å². The monoisotopic (exact) mass is 404 g/mol. The zero-order valence-corrected chi connectivity index (χ0v) is 17.4. The van der Waals surface area contributed by atoms with Gasteiger partial charge in [-0.25, -0.2) is 25.7 Å². The number of carbonyl (C=O) groups is 1. The summed E-state index contributed by atoms with van der Waals surface area (Å²) < 4.78 is 6.78.